The zero-order valence-electron chi connectivity index (χ0n) is 11.7. The molecule has 5 heteroatoms. The van der Waals surface area contributed by atoms with Gasteiger partial charge in [-0.2, -0.15) is 0 Å². The van der Waals surface area contributed by atoms with E-state index in [1.165, 1.54) is 12.1 Å². The minimum Gasteiger partial charge on any atom is -0.492 e. The van der Waals surface area contributed by atoms with E-state index in [2.05, 4.69) is 10.6 Å². The number of hydrogen-bond acceptors (Lipinski definition) is 2. The van der Waals surface area contributed by atoms with Gasteiger partial charge in [-0.15, -0.1) is 0 Å². The van der Waals surface area contributed by atoms with Crippen LogP contribution in [0.3, 0.4) is 0 Å². The minimum atomic E-state index is -0.349. The molecule has 0 saturated carbocycles. The molecule has 0 radical (unpaired) electrons. The zero-order valence-corrected chi connectivity index (χ0v) is 11.7. The smallest absolute Gasteiger partial charge is 0.319 e. The number of urea groups is 1. The highest BCUT2D eigenvalue weighted by atomic mass is 19.1. The van der Waals surface area contributed by atoms with E-state index in [1.54, 1.807) is 12.1 Å². The monoisotopic (exact) mass is 288 g/mol. The number of aryl methyl sites for hydroxylation is 1. The summed E-state index contributed by atoms with van der Waals surface area (Å²) in [6.07, 6.45) is 0. The topological polar surface area (TPSA) is 50.4 Å². The molecule has 2 amide bonds. The lowest BCUT2D eigenvalue weighted by molar-refractivity contribution is 0.247. The Morgan fingerprint density at radius 2 is 2.00 bits per heavy atom. The molecule has 0 spiro atoms. The van der Waals surface area contributed by atoms with Crippen molar-refractivity contribution < 1.29 is 13.9 Å². The van der Waals surface area contributed by atoms with Gasteiger partial charge >= 0.3 is 6.03 Å². The van der Waals surface area contributed by atoms with Crippen molar-refractivity contribution >= 4 is 11.7 Å². The molecule has 4 nitrogen and oxygen atoms in total. The summed E-state index contributed by atoms with van der Waals surface area (Å²) in [5, 5.41) is 5.39. The second kappa shape index (κ2) is 7.28. The van der Waals surface area contributed by atoms with Crippen molar-refractivity contribution in [3.05, 3.63) is 59.9 Å². The van der Waals surface area contributed by atoms with E-state index in [9.17, 15) is 9.18 Å². The highest BCUT2D eigenvalue weighted by molar-refractivity contribution is 5.89. The van der Waals surface area contributed by atoms with Crippen LogP contribution >= 0.6 is 0 Å². The molecule has 0 saturated heterocycles. The second-order valence-corrected chi connectivity index (χ2v) is 4.56. The Morgan fingerprint density at radius 3 is 2.76 bits per heavy atom. The third kappa shape index (κ3) is 5.14. The lowest BCUT2D eigenvalue weighted by Gasteiger charge is -2.09. The normalized spacial score (nSPS) is 10.0. The predicted molar refractivity (Wildman–Crippen MR) is 80.1 cm³/mol. The lowest BCUT2D eigenvalue weighted by atomic mass is 10.2. The summed E-state index contributed by atoms with van der Waals surface area (Å²) in [5.74, 6) is 0.0912. The largest absolute Gasteiger partial charge is 0.492 e. The Morgan fingerprint density at radius 1 is 1.19 bits per heavy atom. The number of ether oxygens (including phenoxy) is 1. The van der Waals surface area contributed by atoms with Gasteiger partial charge in [0.05, 0.1) is 6.54 Å². The Bertz CT molecular complexity index is 617. The Balaban J connectivity index is 1.70. The first-order valence-corrected chi connectivity index (χ1v) is 6.63. The number of hydrogen-bond donors (Lipinski definition) is 2. The van der Waals surface area contributed by atoms with Crippen molar-refractivity contribution in [1.82, 2.24) is 5.32 Å². The first kappa shape index (κ1) is 14.8. The number of rotatable bonds is 5. The van der Waals surface area contributed by atoms with Crippen molar-refractivity contribution in [2.45, 2.75) is 6.92 Å². The van der Waals surface area contributed by atoms with Gasteiger partial charge < -0.3 is 15.4 Å². The average molecular weight is 288 g/mol. The molecule has 110 valence electrons. The van der Waals surface area contributed by atoms with E-state index >= 15 is 0 Å². The lowest BCUT2D eigenvalue weighted by Crippen LogP contribution is -2.32. The second-order valence-electron chi connectivity index (χ2n) is 4.56. The Kier molecular flexibility index (Phi) is 5.15. The van der Waals surface area contributed by atoms with Gasteiger partial charge in [-0.05, 0) is 36.8 Å². The van der Waals surface area contributed by atoms with E-state index in [0.29, 0.717) is 12.3 Å². The maximum absolute atomic E-state index is 12.9. The fourth-order valence-corrected chi connectivity index (χ4v) is 1.79. The fraction of sp³-hybridized carbons (Fsp3) is 0.188. The number of amides is 2. The van der Waals surface area contributed by atoms with Crippen LogP contribution in [-0.2, 0) is 0 Å². The maximum atomic E-state index is 12.9. The van der Waals surface area contributed by atoms with Gasteiger partial charge in [0.25, 0.3) is 0 Å². The van der Waals surface area contributed by atoms with Gasteiger partial charge in [-0.1, -0.05) is 18.2 Å². The van der Waals surface area contributed by atoms with Crippen LogP contribution in [-0.4, -0.2) is 19.2 Å². The molecule has 0 aliphatic rings. The van der Waals surface area contributed by atoms with E-state index in [1.807, 2.05) is 31.2 Å². The first-order chi connectivity index (χ1) is 10.1. The molecular weight excluding hydrogens is 271 g/mol. The van der Waals surface area contributed by atoms with E-state index < -0.39 is 0 Å². The molecule has 0 heterocycles. The van der Waals surface area contributed by atoms with Crippen molar-refractivity contribution in [2.24, 2.45) is 0 Å². The van der Waals surface area contributed by atoms with Crippen LogP contribution in [0.15, 0.2) is 48.5 Å². The zero-order chi connectivity index (χ0) is 15.1. The number of nitrogens with one attached hydrogen (secondary N) is 2. The van der Waals surface area contributed by atoms with Crippen LogP contribution in [0.1, 0.15) is 5.56 Å². The summed E-state index contributed by atoms with van der Waals surface area (Å²) in [4.78, 5) is 11.7. The molecule has 2 aromatic carbocycles. The molecule has 2 N–H and O–H groups in total. The highest BCUT2D eigenvalue weighted by Crippen LogP contribution is 2.11. The molecular formula is C16H17FN2O2. The third-order valence-corrected chi connectivity index (χ3v) is 2.73. The quantitative estimate of drug-likeness (QED) is 0.829. The summed E-state index contributed by atoms with van der Waals surface area (Å²) >= 11 is 0. The third-order valence-electron chi connectivity index (χ3n) is 2.73. The number of anilines is 1. The van der Waals surface area contributed by atoms with Crippen molar-refractivity contribution in [1.29, 1.82) is 0 Å². The summed E-state index contributed by atoms with van der Waals surface area (Å²) < 4.78 is 18.2. The van der Waals surface area contributed by atoms with Crippen LogP contribution in [0.5, 0.6) is 5.75 Å². The molecule has 21 heavy (non-hydrogen) atoms. The van der Waals surface area contributed by atoms with Crippen LogP contribution in [0, 0.1) is 12.7 Å². The highest BCUT2D eigenvalue weighted by Gasteiger charge is 2.01. The SMILES string of the molecule is Cc1cccc(NC(=O)NCCOc2cccc(F)c2)c1. The Hall–Kier alpha value is -2.56. The Labute approximate surface area is 122 Å². The molecule has 0 aliphatic heterocycles. The summed E-state index contributed by atoms with van der Waals surface area (Å²) in [5.41, 5.74) is 1.81. The minimum absolute atomic E-state index is 0.269. The van der Waals surface area contributed by atoms with Gasteiger partial charge in [0.2, 0.25) is 0 Å². The van der Waals surface area contributed by atoms with E-state index in [-0.39, 0.29) is 18.5 Å². The van der Waals surface area contributed by atoms with Crippen LogP contribution < -0.4 is 15.4 Å². The number of benzene rings is 2. The van der Waals surface area contributed by atoms with Crippen LogP contribution in [0.4, 0.5) is 14.9 Å². The van der Waals surface area contributed by atoms with E-state index in [4.69, 9.17) is 4.74 Å². The number of halogens is 1. The standard InChI is InChI=1S/C16H17FN2O2/c1-12-4-2-6-14(10-12)19-16(20)18-8-9-21-15-7-3-5-13(17)11-15/h2-7,10-11H,8-9H2,1H3,(H2,18,19,20). The maximum Gasteiger partial charge on any atom is 0.319 e. The van der Waals surface area contributed by atoms with Crippen molar-refractivity contribution in [3.63, 3.8) is 0 Å². The molecule has 0 fully saturated rings. The predicted octanol–water partition coefficient (Wildman–Crippen LogP) is 3.33. The number of carbonyl (C=O) groups excluding carboxylic acids is 1. The summed E-state index contributed by atoms with van der Waals surface area (Å²) in [7, 11) is 0. The van der Waals surface area contributed by atoms with Crippen LogP contribution in [0.2, 0.25) is 0 Å². The molecule has 2 aromatic rings. The first-order valence-electron chi connectivity index (χ1n) is 6.63. The fourth-order valence-electron chi connectivity index (χ4n) is 1.79. The van der Waals surface area contributed by atoms with Crippen molar-refractivity contribution in [2.75, 3.05) is 18.5 Å². The van der Waals surface area contributed by atoms with Gasteiger partial charge in [0.15, 0.2) is 0 Å². The number of carbonyl (C=O) groups is 1. The van der Waals surface area contributed by atoms with Gasteiger partial charge in [-0.3, -0.25) is 0 Å². The van der Waals surface area contributed by atoms with E-state index in [0.717, 1.165) is 11.3 Å². The molecule has 0 aromatic heterocycles. The average Bonchev–Trinajstić information content (AvgIpc) is 2.44. The molecule has 0 unspecified atom stereocenters. The molecule has 2 rings (SSSR count). The molecule has 0 bridgehead atoms. The molecule has 0 aliphatic carbocycles. The van der Waals surface area contributed by atoms with Crippen LogP contribution in [0.25, 0.3) is 0 Å². The van der Waals surface area contributed by atoms with Gasteiger partial charge in [0, 0.05) is 11.8 Å². The summed E-state index contributed by atoms with van der Waals surface area (Å²) in [6, 6.07) is 13.1. The summed E-state index contributed by atoms with van der Waals surface area (Å²) in [6.45, 7) is 2.55. The van der Waals surface area contributed by atoms with Crippen molar-refractivity contribution in [3.8, 4) is 5.75 Å². The van der Waals surface area contributed by atoms with Gasteiger partial charge in [-0.25, -0.2) is 9.18 Å². The van der Waals surface area contributed by atoms with Gasteiger partial charge in [0.1, 0.15) is 18.2 Å². The molecule has 0 atom stereocenters.